The predicted octanol–water partition coefficient (Wildman–Crippen LogP) is 0.365. The van der Waals surface area contributed by atoms with Crippen LogP contribution in [0.2, 0.25) is 0 Å². The standard InChI is InChI=1S/C8H13N3O2/c1-5(2)9-6-4-7(12)10-8(13)11(6)3/h5H,4H2,1-3H3,(H,10,12,13). The number of rotatable bonds is 1. The maximum Gasteiger partial charge on any atom is 0.329 e. The SMILES string of the molecule is CC(C)N=C1CC(=O)NC(=O)N1C. The third-order valence-electron chi connectivity index (χ3n) is 1.66. The molecule has 0 radical (unpaired) electrons. The molecule has 13 heavy (non-hydrogen) atoms. The van der Waals surface area contributed by atoms with E-state index in [1.165, 1.54) is 4.90 Å². The molecular formula is C8H13N3O2. The van der Waals surface area contributed by atoms with E-state index >= 15 is 0 Å². The number of urea groups is 1. The molecule has 5 heteroatoms. The summed E-state index contributed by atoms with van der Waals surface area (Å²) in [7, 11) is 1.60. The van der Waals surface area contributed by atoms with Gasteiger partial charge in [0.1, 0.15) is 5.84 Å². The van der Waals surface area contributed by atoms with Gasteiger partial charge in [-0.2, -0.15) is 0 Å². The molecule has 0 aromatic carbocycles. The first kappa shape index (κ1) is 9.70. The number of imide groups is 1. The van der Waals surface area contributed by atoms with Crippen LogP contribution in [-0.4, -0.2) is 35.8 Å². The zero-order valence-corrected chi connectivity index (χ0v) is 8.00. The van der Waals surface area contributed by atoms with E-state index in [2.05, 4.69) is 10.3 Å². The molecule has 0 bridgehead atoms. The lowest BCUT2D eigenvalue weighted by molar-refractivity contribution is -0.119. The van der Waals surface area contributed by atoms with Crippen molar-refractivity contribution in [3.63, 3.8) is 0 Å². The Morgan fingerprint density at radius 3 is 2.62 bits per heavy atom. The number of hydrogen-bond acceptors (Lipinski definition) is 3. The highest BCUT2D eigenvalue weighted by molar-refractivity contribution is 6.15. The zero-order chi connectivity index (χ0) is 10.0. The van der Waals surface area contributed by atoms with Crippen LogP contribution in [0.25, 0.3) is 0 Å². The van der Waals surface area contributed by atoms with Crippen molar-refractivity contribution in [3.05, 3.63) is 0 Å². The fraction of sp³-hybridized carbons (Fsp3) is 0.625. The van der Waals surface area contributed by atoms with Gasteiger partial charge in [-0.25, -0.2) is 4.79 Å². The minimum absolute atomic E-state index is 0.0937. The Bertz CT molecular complexity index is 271. The lowest BCUT2D eigenvalue weighted by Gasteiger charge is -2.24. The van der Waals surface area contributed by atoms with E-state index in [0.717, 1.165) is 0 Å². The van der Waals surface area contributed by atoms with Crippen molar-refractivity contribution < 1.29 is 9.59 Å². The Kier molecular flexibility index (Phi) is 2.65. The van der Waals surface area contributed by atoms with E-state index in [1.807, 2.05) is 13.8 Å². The van der Waals surface area contributed by atoms with Gasteiger partial charge in [0.05, 0.1) is 6.42 Å². The first-order valence-corrected chi connectivity index (χ1v) is 4.15. The van der Waals surface area contributed by atoms with Gasteiger partial charge in [-0.1, -0.05) is 0 Å². The molecule has 72 valence electrons. The molecule has 0 unspecified atom stereocenters. The van der Waals surface area contributed by atoms with Crippen molar-refractivity contribution in [2.75, 3.05) is 7.05 Å². The van der Waals surface area contributed by atoms with Crippen LogP contribution < -0.4 is 5.32 Å². The van der Waals surface area contributed by atoms with Crippen LogP contribution in [0, 0.1) is 0 Å². The van der Waals surface area contributed by atoms with Crippen molar-refractivity contribution in [1.82, 2.24) is 10.2 Å². The molecule has 0 aromatic heterocycles. The van der Waals surface area contributed by atoms with Gasteiger partial charge in [0.25, 0.3) is 0 Å². The Labute approximate surface area is 76.8 Å². The summed E-state index contributed by atoms with van der Waals surface area (Å²) in [5.41, 5.74) is 0. The number of amidine groups is 1. The summed E-state index contributed by atoms with van der Waals surface area (Å²) >= 11 is 0. The molecule has 1 saturated heterocycles. The second kappa shape index (κ2) is 3.55. The molecule has 1 aliphatic rings. The Morgan fingerprint density at radius 2 is 2.08 bits per heavy atom. The molecule has 0 saturated carbocycles. The fourth-order valence-electron chi connectivity index (χ4n) is 1.06. The largest absolute Gasteiger partial charge is 0.329 e. The van der Waals surface area contributed by atoms with Crippen LogP contribution in [0.4, 0.5) is 4.79 Å². The van der Waals surface area contributed by atoms with Gasteiger partial charge in [-0.05, 0) is 13.8 Å². The Balaban J connectivity index is 2.83. The lowest BCUT2D eigenvalue weighted by Crippen LogP contribution is -2.50. The first-order valence-electron chi connectivity index (χ1n) is 4.15. The molecule has 0 aliphatic carbocycles. The minimum Gasteiger partial charge on any atom is -0.285 e. The van der Waals surface area contributed by atoms with Gasteiger partial charge in [0.15, 0.2) is 0 Å². The highest BCUT2D eigenvalue weighted by Crippen LogP contribution is 2.03. The highest BCUT2D eigenvalue weighted by atomic mass is 16.2. The summed E-state index contributed by atoms with van der Waals surface area (Å²) in [6.07, 6.45) is 0.181. The van der Waals surface area contributed by atoms with Crippen molar-refractivity contribution in [2.24, 2.45) is 4.99 Å². The van der Waals surface area contributed by atoms with E-state index < -0.39 is 6.03 Å². The van der Waals surface area contributed by atoms with E-state index in [9.17, 15) is 9.59 Å². The summed E-state index contributed by atoms with van der Waals surface area (Å²) < 4.78 is 0. The summed E-state index contributed by atoms with van der Waals surface area (Å²) in [4.78, 5) is 27.6. The van der Waals surface area contributed by atoms with E-state index in [4.69, 9.17) is 0 Å². The quantitative estimate of drug-likeness (QED) is 0.638. The first-order chi connectivity index (χ1) is 6.00. The average Bonchev–Trinajstić information content (AvgIpc) is 1.98. The van der Waals surface area contributed by atoms with Crippen molar-refractivity contribution in [1.29, 1.82) is 0 Å². The smallest absolute Gasteiger partial charge is 0.285 e. The Hall–Kier alpha value is -1.39. The second-order valence-corrected chi connectivity index (χ2v) is 3.23. The molecule has 3 amide bonds. The molecule has 1 aliphatic heterocycles. The van der Waals surface area contributed by atoms with Crippen LogP contribution >= 0.6 is 0 Å². The molecule has 5 nitrogen and oxygen atoms in total. The van der Waals surface area contributed by atoms with Gasteiger partial charge < -0.3 is 0 Å². The summed E-state index contributed by atoms with van der Waals surface area (Å²) in [6.45, 7) is 3.80. The third-order valence-corrected chi connectivity index (χ3v) is 1.66. The molecular weight excluding hydrogens is 170 g/mol. The van der Waals surface area contributed by atoms with Crippen molar-refractivity contribution in [2.45, 2.75) is 26.3 Å². The summed E-state index contributed by atoms with van der Waals surface area (Å²) in [5, 5.41) is 2.20. The second-order valence-electron chi connectivity index (χ2n) is 3.23. The number of amides is 3. The fourth-order valence-corrected chi connectivity index (χ4v) is 1.06. The predicted molar refractivity (Wildman–Crippen MR) is 48.5 cm³/mol. The molecule has 1 fully saturated rings. The van der Waals surface area contributed by atoms with Crippen LogP contribution in [0.3, 0.4) is 0 Å². The number of aliphatic imine (C=N–C) groups is 1. The van der Waals surface area contributed by atoms with Crippen LogP contribution in [0.15, 0.2) is 4.99 Å². The minimum atomic E-state index is -0.407. The lowest BCUT2D eigenvalue weighted by atomic mass is 10.3. The van der Waals surface area contributed by atoms with E-state index in [1.54, 1.807) is 7.05 Å². The van der Waals surface area contributed by atoms with Gasteiger partial charge in [0, 0.05) is 13.1 Å². The normalized spacial score (nSPS) is 21.2. The Morgan fingerprint density at radius 1 is 1.46 bits per heavy atom. The van der Waals surface area contributed by atoms with Crippen LogP contribution in [0.5, 0.6) is 0 Å². The highest BCUT2D eigenvalue weighted by Gasteiger charge is 2.25. The summed E-state index contributed by atoms with van der Waals surface area (Å²) in [6, 6.07) is -0.313. The topological polar surface area (TPSA) is 61.8 Å². The molecule has 0 atom stereocenters. The maximum atomic E-state index is 11.1. The number of nitrogens with zero attached hydrogens (tertiary/aromatic N) is 2. The van der Waals surface area contributed by atoms with Gasteiger partial charge >= 0.3 is 6.03 Å². The van der Waals surface area contributed by atoms with Crippen LogP contribution in [-0.2, 0) is 4.79 Å². The van der Waals surface area contributed by atoms with Crippen molar-refractivity contribution in [3.8, 4) is 0 Å². The van der Waals surface area contributed by atoms with E-state index in [0.29, 0.717) is 5.84 Å². The van der Waals surface area contributed by atoms with Gasteiger partial charge in [-0.15, -0.1) is 0 Å². The average molecular weight is 183 g/mol. The van der Waals surface area contributed by atoms with Crippen LogP contribution in [0.1, 0.15) is 20.3 Å². The van der Waals surface area contributed by atoms with Crippen molar-refractivity contribution >= 4 is 17.8 Å². The molecule has 0 spiro atoms. The zero-order valence-electron chi connectivity index (χ0n) is 8.00. The molecule has 1 N–H and O–H groups in total. The summed E-state index contributed by atoms with van der Waals surface area (Å²) in [5.74, 6) is 0.242. The maximum absolute atomic E-state index is 11.1. The number of carbonyl (C=O) groups excluding carboxylic acids is 2. The molecule has 0 aromatic rings. The molecule has 1 heterocycles. The number of carbonyl (C=O) groups is 2. The van der Waals surface area contributed by atoms with Gasteiger partial charge in [0.2, 0.25) is 5.91 Å². The number of hydrogen-bond donors (Lipinski definition) is 1. The van der Waals surface area contributed by atoms with Gasteiger partial charge in [-0.3, -0.25) is 20.0 Å². The van der Waals surface area contributed by atoms with E-state index in [-0.39, 0.29) is 18.4 Å². The number of nitrogens with one attached hydrogen (secondary N) is 1. The third kappa shape index (κ3) is 2.27. The monoisotopic (exact) mass is 183 g/mol. The molecule has 1 rings (SSSR count).